The molecule has 0 unspecified atom stereocenters. The van der Waals surface area contributed by atoms with Crippen LogP contribution in [0.4, 0.5) is 18.0 Å². The van der Waals surface area contributed by atoms with Crippen molar-refractivity contribution in [3.63, 3.8) is 0 Å². The molecule has 0 spiro atoms. The zero-order chi connectivity index (χ0) is 20.1. The second-order valence-corrected chi connectivity index (χ2v) is 6.56. The molecule has 1 aliphatic rings. The summed E-state index contributed by atoms with van der Waals surface area (Å²) in [6.45, 7) is -1.13. The predicted octanol–water partition coefficient (Wildman–Crippen LogP) is 3.60. The molecule has 6 nitrogen and oxygen atoms in total. The minimum absolute atomic E-state index is 0.0108. The van der Waals surface area contributed by atoms with Crippen molar-refractivity contribution in [2.45, 2.75) is 38.1 Å². The highest BCUT2D eigenvalue weighted by molar-refractivity contribution is 5.75. The molecular formula is C19H20F3N3O3. The van der Waals surface area contributed by atoms with Gasteiger partial charge in [-0.25, -0.2) is 9.78 Å². The molecule has 2 aromatic rings. The summed E-state index contributed by atoms with van der Waals surface area (Å²) in [5.74, 6) is -0.0402. The first-order valence-corrected chi connectivity index (χ1v) is 8.77. The average Bonchev–Trinajstić information content (AvgIpc) is 3.47. The third-order valence-corrected chi connectivity index (χ3v) is 4.16. The maximum absolute atomic E-state index is 12.6. The van der Waals surface area contributed by atoms with Gasteiger partial charge >= 0.3 is 12.2 Å². The van der Waals surface area contributed by atoms with Gasteiger partial charge in [-0.1, -0.05) is 18.2 Å². The molecule has 1 heterocycles. The van der Waals surface area contributed by atoms with Crippen LogP contribution in [0.15, 0.2) is 42.6 Å². The van der Waals surface area contributed by atoms with E-state index in [-0.39, 0.29) is 30.2 Å². The van der Waals surface area contributed by atoms with Gasteiger partial charge in [0, 0.05) is 30.9 Å². The van der Waals surface area contributed by atoms with Gasteiger partial charge in [-0.2, -0.15) is 13.2 Å². The van der Waals surface area contributed by atoms with Crippen LogP contribution >= 0.6 is 0 Å². The van der Waals surface area contributed by atoms with E-state index < -0.39 is 12.8 Å². The Morgan fingerprint density at radius 2 is 2.07 bits per heavy atom. The number of benzene rings is 1. The summed E-state index contributed by atoms with van der Waals surface area (Å²) in [7, 11) is 0. The Morgan fingerprint density at radius 3 is 2.75 bits per heavy atom. The summed E-state index contributed by atoms with van der Waals surface area (Å²) in [5, 5.41) is 12.3. The Labute approximate surface area is 159 Å². The highest BCUT2D eigenvalue weighted by atomic mass is 19.4. The number of alkyl halides is 3. The van der Waals surface area contributed by atoms with Gasteiger partial charge in [0.1, 0.15) is 5.75 Å². The van der Waals surface area contributed by atoms with Crippen molar-refractivity contribution in [3.8, 4) is 11.6 Å². The van der Waals surface area contributed by atoms with Crippen LogP contribution in [-0.4, -0.2) is 39.8 Å². The molecule has 1 aliphatic carbocycles. The highest BCUT2D eigenvalue weighted by Crippen LogP contribution is 2.29. The maximum atomic E-state index is 12.6. The summed E-state index contributed by atoms with van der Waals surface area (Å²) < 4.78 is 41.9. The molecule has 0 aliphatic heterocycles. The van der Waals surface area contributed by atoms with Crippen molar-refractivity contribution in [2.24, 2.45) is 0 Å². The molecule has 0 radical (unpaired) electrons. The first kappa shape index (κ1) is 19.8. The summed E-state index contributed by atoms with van der Waals surface area (Å²) in [5.41, 5.74) is 1.14. The Balaban J connectivity index is 1.62. The van der Waals surface area contributed by atoms with Crippen LogP contribution in [0.1, 0.15) is 24.0 Å². The van der Waals surface area contributed by atoms with Crippen LogP contribution in [-0.2, 0) is 13.1 Å². The van der Waals surface area contributed by atoms with Crippen LogP contribution in [0.5, 0.6) is 11.6 Å². The second-order valence-electron chi connectivity index (χ2n) is 6.56. The first-order chi connectivity index (χ1) is 13.3. The van der Waals surface area contributed by atoms with E-state index in [0.717, 1.165) is 18.4 Å². The monoisotopic (exact) mass is 395 g/mol. The van der Waals surface area contributed by atoms with Gasteiger partial charge in [-0.3, -0.25) is 0 Å². The van der Waals surface area contributed by atoms with Crippen molar-refractivity contribution in [1.82, 2.24) is 15.2 Å². The summed E-state index contributed by atoms with van der Waals surface area (Å²) >= 11 is 0. The number of aromatic nitrogens is 1. The number of aromatic hydroxyl groups is 1. The molecule has 9 heteroatoms. The number of phenols is 1. The second kappa shape index (κ2) is 8.37. The molecule has 1 fully saturated rings. The fourth-order valence-corrected chi connectivity index (χ4v) is 2.72. The summed E-state index contributed by atoms with van der Waals surface area (Å²) in [6.07, 6.45) is -1.37. The van der Waals surface area contributed by atoms with E-state index in [1.54, 1.807) is 35.2 Å². The van der Waals surface area contributed by atoms with E-state index in [4.69, 9.17) is 4.74 Å². The SMILES string of the molecule is O=C(NCc1cccnc1OCC(F)(F)F)N(Cc1cccc(O)c1)C1CC1. The zero-order valence-electron chi connectivity index (χ0n) is 14.9. The summed E-state index contributed by atoms with van der Waals surface area (Å²) in [4.78, 5) is 18.1. The van der Waals surface area contributed by atoms with Crippen LogP contribution in [0.25, 0.3) is 0 Å². The van der Waals surface area contributed by atoms with Gasteiger partial charge in [-0.15, -0.1) is 0 Å². The molecule has 0 bridgehead atoms. The lowest BCUT2D eigenvalue weighted by Crippen LogP contribution is -2.40. The van der Waals surface area contributed by atoms with Crippen molar-refractivity contribution in [1.29, 1.82) is 0 Å². The van der Waals surface area contributed by atoms with Crippen molar-refractivity contribution >= 4 is 6.03 Å². The normalized spacial score (nSPS) is 13.8. The Kier molecular flexibility index (Phi) is 5.91. The standard InChI is InChI=1S/C19H20F3N3O3/c20-19(21,22)12-28-17-14(4-2-8-23-17)10-24-18(27)25(15-6-7-15)11-13-3-1-5-16(26)9-13/h1-5,8-9,15,26H,6-7,10-12H2,(H,24,27). The smallest absolute Gasteiger partial charge is 0.422 e. The molecule has 1 aromatic heterocycles. The molecule has 28 heavy (non-hydrogen) atoms. The first-order valence-electron chi connectivity index (χ1n) is 8.77. The van der Waals surface area contributed by atoms with Crippen LogP contribution in [0.2, 0.25) is 0 Å². The number of hydrogen-bond acceptors (Lipinski definition) is 4. The predicted molar refractivity (Wildman–Crippen MR) is 94.7 cm³/mol. The number of pyridine rings is 1. The van der Waals surface area contributed by atoms with Gasteiger partial charge in [0.2, 0.25) is 5.88 Å². The van der Waals surface area contributed by atoms with Gasteiger partial charge < -0.3 is 20.1 Å². The van der Waals surface area contributed by atoms with Gasteiger partial charge in [-0.05, 0) is 36.6 Å². The van der Waals surface area contributed by atoms with Crippen molar-refractivity contribution < 1.29 is 27.8 Å². The molecule has 150 valence electrons. The number of ether oxygens (including phenoxy) is 1. The van der Waals surface area contributed by atoms with E-state index in [9.17, 15) is 23.1 Å². The Bertz CT molecular complexity index is 825. The van der Waals surface area contributed by atoms with Crippen LogP contribution in [0, 0.1) is 0 Å². The molecule has 1 aromatic carbocycles. The minimum atomic E-state index is -4.47. The minimum Gasteiger partial charge on any atom is -0.508 e. The number of halogens is 3. The van der Waals surface area contributed by atoms with E-state index in [1.165, 1.54) is 6.20 Å². The lowest BCUT2D eigenvalue weighted by Gasteiger charge is -2.23. The van der Waals surface area contributed by atoms with Crippen LogP contribution < -0.4 is 10.1 Å². The lowest BCUT2D eigenvalue weighted by molar-refractivity contribution is -0.154. The number of amides is 2. The highest BCUT2D eigenvalue weighted by Gasteiger charge is 2.33. The largest absolute Gasteiger partial charge is 0.508 e. The van der Waals surface area contributed by atoms with E-state index >= 15 is 0 Å². The van der Waals surface area contributed by atoms with Crippen molar-refractivity contribution in [3.05, 3.63) is 53.7 Å². The molecule has 3 rings (SSSR count). The van der Waals surface area contributed by atoms with Gasteiger partial charge in [0.15, 0.2) is 6.61 Å². The number of nitrogens with one attached hydrogen (secondary N) is 1. The van der Waals surface area contributed by atoms with E-state index in [0.29, 0.717) is 12.1 Å². The third kappa shape index (κ3) is 5.77. The Morgan fingerprint density at radius 1 is 1.29 bits per heavy atom. The number of nitrogens with zero attached hydrogens (tertiary/aromatic N) is 2. The molecular weight excluding hydrogens is 375 g/mol. The number of phenolic OH excluding ortho intramolecular Hbond substituents is 1. The Hall–Kier alpha value is -2.97. The maximum Gasteiger partial charge on any atom is 0.422 e. The molecule has 1 saturated carbocycles. The van der Waals surface area contributed by atoms with Crippen molar-refractivity contribution in [2.75, 3.05) is 6.61 Å². The van der Waals surface area contributed by atoms with E-state index in [1.807, 2.05) is 6.07 Å². The van der Waals surface area contributed by atoms with Gasteiger partial charge in [0.05, 0.1) is 0 Å². The quantitative estimate of drug-likeness (QED) is 0.751. The average molecular weight is 395 g/mol. The fourth-order valence-electron chi connectivity index (χ4n) is 2.72. The zero-order valence-corrected chi connectivity index (χ0v) is 14.9. The number of urea groups is 1. The van der Waals surface area contributed by atoms with E-state index in [2.05, 4.69) is 10.3 Å². The summed E-state index contributed by atoms with van der Waals surface area (Å²) in [6, 6.07) is 9.54. The topological polar surface area (TPSA) is 74.7 Å². The molecule has 2 amide bonds. The lowest BCUT2D eigenvalue weighted by atomic mass is 10.2. The third-order valence-electron chi connectivity index (χ3n) is 4.16. The molecule has 2 N–H and O–H groups in total. The van der Waals surface area contributed by atoms with Gasteiger partial charge in [0.25, 0.3) is 0 Å². The van der Waals surface area contributed by atoms with Crippen LogP contribution in [0.3, 0.4) is 0 Å². The molecule has 0 atom stereocenters. The molecule has 0 saturated heterocycles. The number of rotatable bonds is 7. The number of carbonyl (C=O) groups is 1. The number of hydrogen-bond donors (Lipinski definition) is 2. The fraction of sp³-hybridized carbons (Fsp3) is 0.368. The number of carbonyl (C=O) groups excluding carboxylic acids is 1.